The third-order valence-electron chi connectivity index (χ3n) is 4.83. The van der Waals surface area contributed by atoms with Crippen LogP contribution in [0, 0.1) is 0 Å². The average molecular weight is 444 g/mol. The van der Waals surface area contributed by atoms with Crippen LogP contribution in [0.25, 0.3) is 10.6 Å². The third-order valence-corrected chi connectivity index (χ3v) is 6.45. The number of carbonyl (C=O) groups excluding carboxylic acids is 1. The van der Waals surface area contributed by atoms with E-state index in [1.807, 2.05) is 41.1 Å². The van der Waals surface area contributed by atoms with Gasteiger partial charge in [0, 0.05) is 42.5 Å². The second kappa shape index (κ2) is 10.7. The number of hydrogen-bond donors (Lipinski definition) is 1. The van der Waals surface area contributed by atoms with Crippen molar-refractivity contribution in [2.24, 2.45) is 0 Å². The Morgan fingerprint density at radius 2 is 2.13 bits per heavy atom. The molecule has 158 valence electrons. The maximum Gasteiger partial charge on any atom is 0.226 e. The molecule has 4 rings (SSSR count). The highest BCUT2D eigenvalue weighted by Crippen LogP contribution is 2.25. The molecule has 0 bridgehead atoms. The molecule has 30 heavy (non-hydrogen) atoms. The maximum absolute atomic E-state index is 12.3. The molecular weight excluding hydrogens is 418 g/mol. The van der Waals surface area contributed by atoms with Crippen molar-refractivity contribution in [1.82, 2.24) is 15.2 Å². The van der Waals surface area contributed by atoms with Gasteiger partial charge in [-0.3, -0.25) is 9.69 Å². The van der Waals surface area contributed by atoms with Crippen LogP contribution in [0.1, 0.15) is 11.3 Å². The molecule has 1 fully saturated rings. The van der Waals surface area contributed by atoms with Gasteiger partial charge >= 0.3 is 0 Å². The molecule has 1 amide bonds. The minimum atomic E-state index is -0.0317. The lowest BCUT2D eigenvalue weighted by Gasteiger charge is -2.26. The van der Waals surface area contributed by atoms with Gasteiger partial charge in [0.15, 0.2) is 0 Å². The van der Waals surface area contributed by atoms with Crippen LogP contribution in [-0.4, -0.2) is 55.2 Å². The summed E-state index contributed by atoms with van der Waals surface area (Å²) in [6, 6.07) is 9.93. The van der Waals surface area contributed by atoms with E-state index in [1.165, 1.54) is 0 Å². The number of ether oxygens (including phenoxy) is 2. The standard InChI is InChI=1S/C22H25N3O3S2/c26-21(13-19-16-30-22(24-19)18-4-11-29-15-18)23-14-17-2-1-3-20(12-17)28-10-7-25-5-8-27-9-6-25/h1-4,11-12,15-16H,5-10,13-14H2,(H,23,26). The fraction of sp³-hybridized carbons (Fsp3) is 0.364. The molecule has 3 heterocycles. The number of nitrogens with one attached hydrogen (secondary N) is 1. The Morgan fingerprint density at radius 3 is 2.97 bits per heavy atom. The van der Waals surface area contributed by atoms with Crippen molar-refractivity contribution >= 4 is 28.6 Å². The van der Waals surface area contributed by atoms with E-state index in [1.54, 1.807) is 22.7 Å². The van der Waals surface area contributed by atoms with Gasteiger partial charge in [0.1, 0.15) is 17.4 Å². The Hall–Kier alpha value is -2.26. The van der Waals surface area contributed by atoms with E-state index in [4.69, 9.17) is 9.47 Å². The number of amides is 1. The summed E-state index contributed by atoms with van der Waals surface area (Å²) in [7, 11) is 0. The first-order valence-corrected chi connectivity index (χ1v) is 11.8. The Morgan fingerprint density at radius 1 is 1.23 bits per heavy atom. The van der Waals surface area contributed by atoms with Crippen molar-refractivity contribution in [1.29, 1.82) is 0 Å². The minimum Gasteiger partial charge on any atom is -0.492 e. The number of carbonyl (C=O) groups is 1. The van der Waals surface area contributed by atoms with Crippen molar-refractivity contribution in [3.05, 3.63) is 57.7 Å². The van der Waals surface area contributed by atoms with Gasteiger partial charge in [-0.25, -0.2) is 4.98 Å². The lowest BCUT2D eigenvalue weighted by molar-refractivity contribution is -0.120. The highest BCUT2D eigenvalue weighted by atomic mass is 32.1. The normalized spacial score (nSPS) is 14.5. The molecule has 0 saturated carbocycles. The Kier molecular flexibility index (Phi) is 7.47. The van der Waals surface area contributed by atoms with Crippen molar-refractivity contribution in [3.63, 3.8) is 0 Å². The number of nitrogens with zero attached hydrogens (tertiary/aromatic N) is 2. The largest absolute Gasteiger partial charge is 0.492 e. The van der Waals surface area contributed by atoms with Crippen LogP contribution < -0.4 is 10.1 Å². The molecule has 1 saturated heterocycles. The predicted molar refractivity (Wildman–Crippen MR) is 120 cm³/mol. The summed E-state index contributed by atoms with van der Waals surface area (Å²) < 4.78 is 11.2. The summed E-state index contributed by atoms with van der Waals surface area (Å²) in [4.78, 5) is 19.2. The van der Waals surface area contributed by atoms with Crippen LogP contribution in [0.3, 0.4) is 0 Å². The van der Waals surface area contributed by atoms with Crippen molar-refractivity contribution in [2.45, 2.75) is 13.0 Å². The highest BCUT2D eigenvalue weighted by Gasteiger charge is 2.11. The lowest BCUT2D eigenvalue weighted by atomic mass is 10.2. The predicted octanol–water partition coefficient (Wildman–Crippen LogP) is 3.44. The smallest absolute Gasteiger partial charge is 0.226 e. The summed E-state index contributed by atoms with van der Waals surface area (Å²) in [6.45, 7) is 5.53. The van der Waals surface area contributed by atoms with Crippen LogP contribution in [-0.2, 0) is 22.5 Å². The van der Waals surface area contributed by atoms with Crippen LogP contribution in [0.2, 0.25) is 0 Å². The van der Waals surface area contributed by atoms with Gasteiger partial charge in [0.2, 0.25) is 5.91 Å². The Labute approximate surface area is 184 Å². The van der Waals surface area contributed by atoms with Crippen LogP contribution in [0.15, 0.2) is 46.5 Å². The molecular formula is C22H25N3O3S2. The van der Waals surface area contributed by atoms with E-state index < -0.39 is 0 Å². The summed E-state index contributed by atoms with van der Waals surface area (Å²) in [5, 5.41) is 9.99. The van der Waals surface area contributed by atoms with Crippen molar-refractivity contribution in [3.8, 4) is 16.3 Å². The van der Waals surface area contributed by atoms with Crippen molar-refractivity contribution in [2.75, 3.05) is 39.5 Å². The second-order valence-electron chi connectivity index (χ2n) is 7.06. The number of thiophene rings is 1. The summed E-state index contributed by atoms with van der Waals surface area (Å²) in [6.07, 6.45) is 0.288. The highest BCUT2D eigenvalue weighted by molar-refractivity contribution is 7.14. The zero-order valence-corrected chi connectivity index (χ0v) is 18.3. The summed E-state index contributed by atoms with van der Waals surface area (Å²) in [5.41, 5.74) is 2.94. The Bertz CT molecular complexity index is 937. The molecule has 6 nitrogen and oxygen atoms in total. The molecule has 1 aliphatic rings. The molecule has 0 atom stereocenters. The molecule has 1 aromatic carbocycles. The molecule has 1 N–H and O–H groups in total. The van der Waals surface area contributed by atoms with Crippen LogP contribution >= 0.6 is 22.7 Å². The number of thiazole rings is 1. The first-order valence-electron chi connectivity index (χ1n) is 10.0. The SMILES string of the molecule is O=C(Cc1csc(-c2ccsc2)n1)NCc1cccc(OCCN2CCOCC2)c1. The second-order valence-corrected chi connectivity index (χ2v) is 8.70. The van der Waals surface area contributed by atoms with Gasteiger partial charge in [-0.15, -0.1) is 11.3 Å². The van der Waals surface area contributed by atoms with E-state index in [2.05, 4.69) is 20.6 Å². The molecule has 0 unspecified atom stereocenters. The van der Waals surface area contributed by atoms with E-state index in [0.717, 1.165) is 60.4 Å². The maximum atomic E-state index is 12.3. The minimum absolute atomic E-state index is 0.0317. The molecule has 1 aliphatic heterocycles. The topological polar surface area (TPSA) is 63.7 Å². The van der Waals surface area contributed by atoms with Crippen LogP contribution in [0.5, 0.6) is 5.75 Å². The van der Waals surface area contributed by atoms with E-state index in [9.17, 15) is 4.79 Å². The summed E-state index contributed by atoms with van der Waals surface area (Å²) >= 11 is 3.22. The van der Waals surface area contributed by atoms with Gasteiger partial charge in [-0.1, -0.05) is 12.1 Å². The number of morpholine rings is 1. The van der Waals surface area contributed by atoms with Gasteiger partial charge in [0.05, 0.1) is 25.3 Å². The molecule has 0 radical (unpaired) electrons. The zero-order valence-electron chi connectivity index (χ0n) is 16.7. The number of aromatic nitrogens is 1. The molecule has 2 aromatic heterocycles. The van der Waals surface area contributed by atoms with Gasteiger partial charge in [0.25, 0.3) is 0 Å². The zero-order chi connectivity index (χ0) is 20.6. The fourth-order valence-corrected chi connectivity index (χ4v) is 4.73. The van der Waals surface area contributed by atoms with E-state index in [0.29, 0.717) is 13.2 Å². The van der Waals surface area contributed by atoms with Crippen molar-refractivity contribution < 1.29 is 14.3 Å². The number of benzene rings is 1. The molecule has 3 aromatic rings. The quantitative estimate of drug-likeness (QED) is 0.549. The number of hydrogen-bond acceptors (Lipinski definition) is 7. The fourth-order valence-electron chi connectivity index (χ4n) is 3.20. The van der Waals surface area contributed by atoms with Crippen LogP contribution in [0.4, 0.5) is 0 Å². The van der Waals surface area contributed by atoms with E-state index in [-0.39, 0.29) is 12.3 Å². The average Bonchev–Trinajstić information content (AvgIpc) is 3.45. The van der Waals surface area contributed by atoms with Gasteiger partial charge in [-0.2, -0.15) is 11.3 Å². The molecule has 8 heteroatoms. The summed E-state index contributed by atoms with van der Waals surface area (Å²) in [5.74, 6) is 0.797. The Balaban J connectivity index is 1.21. The van der Waals surface area contributed by atoms with E-state index >= 15 is 0 Å². The van der Waals surface area contributed by atoms with Gasteiger partial charge < -0.3 is 14.8 Å². The lowest BCUT2D eigenvalue weighted by Crippen LogP contribution is -2.38. The monoisotopic (exact) mass is 443 g/mol. The number of rotatable bonds is 9. The first-order chi connectivity index (χ1) is 14.8. The molecule has 0 aliphatic carbocycles. The van der Waals surface area contributed by atoms with Gasteiger partial charge in [-0.05, 0) is 29.1 Å². The molecule has 0 spiro atoms. The third kappa shape index (κ3) is 6.12. The first kappa shape index (κ1) is 21.0.